The highest BCUT2D eigenvalue weighted by Gasteiger charge is 2.25. The second kappa shape index (κ2) is 3.85. The highest BCUT2D eigenvalue weighted by molar-refractivity contribution is 5.16. The molecule has 0 amide bonds. The van der Waals surface area contributed by atoms with Crippen molar-refractivity contribution in [3.63, 3.8) is 0 Å². The predicted molar refractivity (Wildman–Crippen MR) is 54.0 cm³/mol. The molecule has 1 heterocycles. The van der Waals surface area contributed by atoms with E-state index in [1.807, 2.05) is 12.1 Å². The average Bonchev–Trinajstić information content (AvgIpc) is 2.18. The number of pyridine rings is 1. The normalized spacial score (nSPS) is 14.2. The summed E-state index contributed by atoms with van der Waals surface area (Å²) in [5.74, 6) is 0. The van der Waals surface area contributed by atoms with Gasteiger partial charge in [-0.2, -0.15) is 0 Å². The van der Waals surface area contributed by atoms with Crippen LogP contribution in [0.3, 0.4) is 0 Å². The molecule has 4 N–H and O–H groups in total. The highest BCUT2D eigenvalue weighted by atomic mass is 14.7. The van der Waals surface area contributed by atoms with Crippen molar-refractivity contribution in [2.75, 3.05) is 6.54 Å². The van der Waals surface area contributed by atoms with Crippen LogP contribution in [0.4, 0.5) is 0 Å². The molecule has 3 nitrogen and oxygen atoms in total. The van der Waals surface area contributed by atoms with Gasteiger partial charge in [-0.1, -0.05) is 19.9 Å². The first-order valence-corrected chi connectivity index (χ1v) is 4.43. The zero-order valence-corrected chi connectivity index (χ0v) is 8.20. The van der Waals surface area contributed by atoms with Crippen molar-refractivity contribution in [1.82, 2.24) is 4.98 Å². The Morgan fingerprint density at radius 2 is 2.23 bits per heavy atom. The molecular formula is C10H17N3. The Kier molecular flexibility index (Phi) is 3.01. The van der Waals surface area contributed by atoms with Crippen LogP contribution in [-0.2, 0) is 0 Å². The molecule has 1 aromatic heterocycles. The quantitative estimate of drug-likeness (QED) is 0.729. The largest absolute Gasteiger partial charge is 0.330 e. The van der Waals surface area contributed by atoms with Crippen molar-refractivity contribution in [3.8, 4) is 0 Å². The minimum Gasteiger partial charge on any atom is -0.330 e. The van der Waals surface area contributed by atoms with Crippen LogP contribution in [0.5, 0.6) is 0 Å². The lowest BCUT2D eigenvalue weighted by Gasteiger charge is -2.30. The van der Waals surface area contributed by atoms with Crippen LogP contribution in [-0.4, -0.2) is 11.5 Å². The molecule has 0 saturated heterocycles. The molecular weight excluding hydrogens is 162 g/mol. The van der Waals surface area contributed by atoms with Crippen LogP contribution in [0, 0.1) is 5.41 Å². The Labute approximate surface area is 79.2 Å². The molecule has 0 aliphatic heterocycles. The van der Waals surface area contributed by atoms with E-state index >= 15 is 0 Å². The number of rotatable bonds is 3. The van der Waals surface area contributed by atoms with Gasteiger partial charge in [0, 0.05) is 18.4 Å². The molecule has 0 aromatic carbocycles. The molecule has 1 rings (SSSR count). The SMILES string of the molecule is CC(C)(CN)C(N)c1cccnc1. The van der Waals surface area contributed by atoms with Crippen molar-refractivity contribution in [3.05, 3.63) is 30.1 Å². The summed E-state index contributed by atoms with van der Waals surface area (Å²) in [6.45, 7) is 4.69. The van der Waals surface area contributed by atoms with E-state index in [-0.39, 0.29) is 11.5 Å². The smallest absolute Gasteiger partial charge is 0.0374 e. The van der Waals surface area contributed by atoms with E-state index in [0.29, 0.717) is 6.54 Å². The molecule has 1 aromatic rings. The first-order valence-electron chi connectivity index (χ1n) is 4.43. The third-order valence-electron chi connectivity index (χ3n) is 2.41. The standard InChI is InChI=1S/C10H17N3/c1-10(2,7-11)9(12)8-4-3-5-13-6-8/h3-6,9H,7,11-12H2,1-2H3. The van der Waals surface area contributed by atoms with E-state index in [2.05, 4.69) is 18.8 Å². The molecule has 0 radical (unpaired) electrons. The fourth-order valence-corrected chi connectivity index (χ4v) is 1.14. The maximum atomic E-state index is 6.06. The second-order valence-corrected chi connectivity index (χ2v) is 3.96. The lowest BCUT2D eigenvalue weighted by Crippen LogP contribution is -2.35. The summed E-state index contributed by atoms with van der Waals surface area (Å²) in [5.41, 5.74) is 12.7. The van der Waals surface area contributed by atoms with Gasteiger partial charge in [0.2, 0.25) is 0 Å². The number of aromatic nitrogens is 1. The molecule has 3 heteroatoms. The number of nitrogens with zero attached hydrogens (tertiary/aromatic N) is 1. The highest BCUT2D eigenvalue weighted by Crippen LogP contribution is 2.29. The van der Waals surface area contributed by atoms with Crippen molar-refractivity contribution < 1.29 is 0 Å². The van der Waals surface area contributed by atoms with Crippen molar-refractivity contribution in [1.29, 1.82) is 0 Å². The monoisotopic (exact) mass is 179 g/mol. The third-order valence-corrected chi connectivity index (χ3v) is 2.41. The van der Waals surface area contributed by atoms with E-state index in [9.17, 15) is 0 Å². The molecule has 0 saturated carbocycles. The van der Waals surface area contributed by atoms with Gasteiger partial charge >= 0.3 is 0 Å². The van der Waals surface area contributed by atoms with Crippen LogP contribution in [0.25, 0.3) is 0 Å². The Bertz CT molecular complexity index is 256. The summed E-state index contributed by atoms with van der Waals surface area (Å²) in [5, 5.41) is 0. The molecule has 0 spiro atoms. The van der Waals surface area contributed by atoms with Crippen LogP contribution >= 0.6 is 0 Å². The van der Waals surface area contributed by atoms with Crippen LogP contribution < -0.4 is 11.5 Å². The second-order valence-electron chi connectivity index (χ2n) is 3.96. The lowest BCUT2D eigenvalue weighted by atomic mass is 9.82. The molecule has 1 unspecified atom stereocenters. The summed E-state index contributed by atoms with van der Waals surface area (Å²) in [4.78, 5) is 4.03. The fraction of sp³-hybridized carbons (Fsp3) is 0.500. The summed E-state index contributed by atoms with van der Waals surface area (Å²) in [7, 11) is 0. The van der Waals surface area contributed by atoms with E-state index in [4.69, 9.17) is 11.5 Å². The topological polar surface area (TPSA) is 64.9 Å². The van der Waals surface area contributed by atoms with Gasteiger partial charge in [-0.3, -0.25) is 4.98 Å². The van der Waals surface area contributed by atoms with E-state index in [1.54, 1.807) is 12.4 Å². The Morgan fingerprint density at radius 1 is 1.54 bits per heavy atom. The zero-order chi connectivity index (χ0) is 9.90. The van der Waals surface area contributed by atoms with Crippen LogP contribution in [0.2, 0.25) is 0 Å². The van der Waals surface area contributed by atoms with Gasteiger partial charge in [0.15, 0.2) is 0 Å². The lowest BCUT2D eigenvalue weighted by molar-refractivity contribution is 0.301. The van der Waals surface area contributed by atoms with Crippen molar-refractivity contribution in [2.45, 2.75) is 19.9 Å². The minimum absolute atomic E-state index is 0.0498. The molecule has 0 fully saturated rings. The number of hydrogen-bond donors (Lipinski definition) is 2. The van der Waals surface area contributed by atoms with Crippen LogP contribution in [0.15, 0.2) is 24.5 Å². The third kappa shape index (κ3) is 2.26. The molecule has 0 aliphatic rings. The molecule has 0 aliphatic carbocycles. The fourth-order valence-electron chi connectivity index (χ4n) is 1.14. The van der Waals surface area contributed by atoms with Crippen LogP contribution in [0.1, 0.15) is 25.5 Å². The van der Waals surface area contributed by atoms with Gasteiger partial charge in [0.05, 0.1) is 0 Å². The van der Waals surface area contributed by atoms with Gasteiger partial charge < -0.3 is 11.5 Å². The summed E-state index contributed by atoms with van der Waals surface area (Å²) < 4.78 is 0. The van der Waals surface area contributed by atoms with E-state index in [0.717, 1.165) is 5.56 Å². The van der Waals surface area contributed by atoms with Crippen molar-refractivity contribution >= 4 is 0 Å². The predicted octanol–water partition coefficient (Wildman–Crippen LogP) is 1.07. The van der Waals surface area contributed by atoms with Gasteiger partial charge in [-0.15, -0.1) is 0 Å². The maximum Gasteiger partial charge on any atom is 0.0374 e. The van der Waals surface area contributed by atoms with Gasteiger partial charge in [0.25, 0.3) is 0 Å². The first kappa shape index (κ1) is 10.2. The Balaban J connectivity index is 2.85. The van der Waals surface area contributed by atoms with Crippen molar-refractivity contribution in [2.24, 2.45) is 16.9 Å². The van der Waals surface area contributed by atoms with E-state index < -0.39 is 0 Å². The first-order chi connectivity index (χ1) is 6.08. The van der Waals surface area contributed by atoms with Gasteiger partial charge in [-0.05, 0) is 23.6 Å². The number of nitrogens with two attached hydrogens (primary N) is 2. The zero-order valence-electron chi connectivity index (χ0n) is 8.20. The number of hydrogen-bond acceptors (Lipinski definition) is 3. The summed E-state index contributed by atoms with van der Waals surface area (Å²) in [6, 6.07) is 3.82. The minimum atomic E-state index is -0.0803. The molecule has 1 atom stereocenters. The van der Waals surface area contributed by atoms with E-state index in [1.165, 1.54) is 0 Å². The summed E-state index contributed by atoms with van der Waals surface area (Å²) in [6.07, 6.45) is 3.54. The Morgan fingerprint density at radius 3 is 2.69 bits per heavy atom. The molecule has 0 bridgehead atoms. The van der Waals surface area contributed by atoms with Gasteiger partial charge in [-0.25, -0.2) is 0 Å². The molecule has 72 valence electrons. The molecule has 13 heavy (non-hydrogen) atoms. The summed E-state index contributed by atoms with van der Waals surface area (Å²) >= 11 is 0. The van der Waals surface area contributed by atoms with Gasteiger partial charge in [0.1, 0.15) is 0 Å². The Hall–Kier alpha value is -0.930. The average molecular weight is 179 g/mol. The maximum absolute atomic E-state index is 6.06.